The minimum atomic E-state index is -0.754. The Kier molecular flexibility index (Phi) is 5.42. The zero-order chi connectivity index (χ0) is 20.4. The number of rotatable bonds is 6. The Balaban J connectivity index is 1.68. The summed E-state index contributed by atoms with van der Waals surface area (Å²) in [6.45, 7) is 2.38. The highest BCUT2D eigenvalue weighted by Gasteiger charge is 2.39. The van der Waals surface area contributed by atoms with Crippen LogP contribution in [0.25, 0.3) is 11.0 Å². The van der Waals surface area contributed by atoms with Crippen molar-refractivity contribution >= 4 is 40.3 Å². The Hall–Kier alpha value is -3.03. The van der Waals surface area contributed by atoms with E-state index in [1.165, 1.54) is 4.90 Å². The molecular formula is C21H19ClN4O3. The van der Waals surface area contributed by atoms with Gasteiger partial charge in [-0.2, -0.15) is 0 Å². The van der Waals surface area contributed by atoms with Crippen LogP contribution in [0.1, 0.15) is 35.5 Å². The number of fused-ring (bicyclic) bond motifs is 2. The number of halogens is 1. The van der Waals surface area contributed by atoms with E-state index < -0.39 is 6.23 Å². The first-order valence-electron chi connectivity index (χ1n) is 9.32. The van der Waals surface area contributed by atoms with Crippen molar-refractivity contribution in [2.45, 2.75) is 19.6 Å². The smallest absolute Gasteiger partial charge is 0.262 e. The third-order valence-electron chi connectivity index (χ3n) is 4.61. The molecule has 148 valence electrons. The highest BCUT2D eigenvalue weighted by molar-refractivity contribution is 6.29. The summed E-state index contributed by atoms with van der Waals surface area (Å²) in [6, 6.07) is 14.2. The van der Waals surface area contributed by atoms with E-state index in [0.29, 0.717) is 34.3 Å². The molecule has 2 amide bonds. The first-order chi connectivity index (χ1) is 14.1. The van der Waals surface area contributed by atoms with Gasteiger partial charge in [-0.1, -0.05) is 36.7 Å². The van der Waals surface area contributed by atoms with Gasteiger partial charge in [-0.3, -0.25) is 14.5 Å². The topological polar surface area (TPSA) is 84.4 Å². The lowest BCUT2D eigenvalue weighted by atomic mass is 10.1. The van der Waals surface area contributed by atoms with Gasteiger partial charge in [-0.05, 0) is 36.8 Å². The van der Waals surface area contributed by atoms with Gasteiger partial charge in [0.2, 0.25) is 5.91 Å². The van der Waals surface area contributed by atoms with Gasteiger partial charge in [0, 0.05) is 23.1 Å². The number of carbonyl (C=O) groups is 2. The van der Waals surface area contributed by atoms with Crippen molar-refractivity contribution in [2.75, 3.05) is 18.1 Å². The number of pyridine rings is 2. The Morgan fingerprint density at radius 1 is 1.17 bits per heavy atom. The summed E-state index contributed by atoms with van der Waals surface area (Å²) in [6.07, 6.45) is 0.0781. The molecule has 0 bridgehead atoms. The molecule has 1 atom stereocenters. The Morgan fingerprint density at radius 3 is 2.79 bits per heavy atom. The lowest BCUT2D eigenvalue weighted by Gasteiger charge is -2.24. The lowest BCUT2D eigenvalue weighted by Crippen LogP contribution is -2.34. The summed E-state index contributed by atoms with van der Waals surface area (Å²) in [4.78, 5) is 35.3. The van der Waals surface area contributed by atoms with E-state index >= 15 is 0 Å². The zero-order valence-corrected chi connectivity index (χ0v) is 16.5. The molecule has 0 saturated carbocycles. The van der Waals surface area contributed by atoms with Crippen LogP contribution in [-0.4, -0.2) is 34.9 Å². The van der Waals surface area contributed by atoms with Crippen LogP contribution in [0, 0.1) is 0 Å². The molecule has 1 aliphatic heterocycles. The number of hydrogen-bond acceptors (Lipinski definition) is 5. The molecule has 1 N–H and O–H groups in total. The van der Waals surface area contributed by atoms with Crippen molar-refractivity contribution in [1.29, 1.82) is 0 Å². The van der Waals surface area contributed by atoms with Gasteiger partial charge in [0.05, 0.1) is 0 Å². The van der Waals surface area contributed by atoms with E-state index in [2.05, 4.69) is 15.3 Å². The molecule has 3 heterocycles. The second-order valence-electron chi connectivity index (χ2n) is 6.63. The van der Waals surface area contributed by atoms with Gasteiger partial charge >= 0.3 is 0 Å². The molecule has 1 unspecified atom stereocenters. The Bertz CT molecular complexity index is 1090. The molecule has 0 spiro atoms. The van der Waals surface area contributed by atoms with Crippen LogP contribution in [0.4, 0.5) is 5.82 Å². The third kappa shape index (κ3) is 3.79. The SMILES string of the molecule is CCCNC(=O)COC1c2ccccc2C(=O)N1c1ccc2ccc(Cl)nc2n1. The predicted octanol–water partition coefficient (Wildman–Crippen LogP) is 3.49. The molecule has 3 aromatic rings. The number of nitrogens with one attached hydrogen (secondary N) is 1. The van der Waals surface area contributed by atoms with Crippen LogP contribution in [-0.2, 0) is 9.53 Å². The number of aromatic nitrogens is 2. The van der Waals surface area contributed by atoms with Gasteiger partial charge in [0.25, 0.3) is 5.91 Å². The van der Waals surface area contributed by atoms with Crippen molar-refractivity contribution < 1.29 is 14.3 Å². The van der Waals surface area contributed by atoms with Crippen molar-refractivity contribution in [2.24, 2.45) is 0 Å². The van der Waals surface area contributed by atoms with Crippen LogP contribution in [0.15, 0.2) is 48.5 Å². The summed E-state index contributed by atoms with van der Waals surface area (Å²) < 4.78 is 5.87. The molecule has 29 heavy (non-hydrogen) atoms. The fourth-order valence-electron chi connectivity index (χ4n) is 3.24. The van der Waals surface area contributed by atoms with Gasteiger partial charge < -0.3 is 10.1 Å². The summed E-state index contributed by atoms with van der Waals surface area (Å²) >= 11 is 5.99. The molecule has 8 heteroatoms. The quantitative estimate of drug-likeness (QED) is 0.629. The molecule has 1 aromatic carbocycles. The van der Waals surface area contributed by atoms with Crippen molar-refractivity contribution in [3.63, 3.8) is 0 Å². The second kappa shape index (κ2) is 8.14. The van der Waals surface area contributed by atoms with E-state index in [4.69, 9.17) is 16.3 Å². The molecule has 0 aliphatic carbocycles. The highest BCUT2D eigenvalue weighted by atomic mass is 35.5. The zero-order valence-electron chi connectivity index (χ0n) is 15.8. The van der Waals surface area contributed by atoms with Crippen LogP contribution < -0.4 is 10.2 Å². The molecule has 4 rings (SSSR count). The minimum Gasteiger partial charge on any atom is -0.354 e. The molecule has 2 aromatic heterocycles. The van der Waals surface area contributed by atoms with Crippen LogP contribution in [0.5, 0.6) is 0 Å². The second-order valence-corrected chi connectivity index (χ2v) is 7.01. The third-order valence-corrected chi connectivity index (χ3v) is 4.82. The average Bonchev–Trinajstić information content (AvgIpc) is 3.02. The summed E-state index contributed by atoms with van der Waals surface area (Å²) in [5.41, 5.74) is 1.65. The predicted molar refractivity (Wildman–Crippen MR) is 110 cm³/mol. The van der Waals surface area contributed by atoms with Gasteiger partial charge in [0.15, 0.2) is 11.9 Å². The van der Waals surface area contributed by atoms with Crippen molar-refractivity contribution in [1.82, 2.24) is 15.3 Å². The van der Waals surface area contributed by atoms with E-state index in [1.54, 1.807) is 24.3 Å². The fraction of sp³-hybridized carbons (Fsp3) is 0.238. The first-order valence-corrected chi connectivity index (χ1v) is 9.70. The maximum Gasteiger partial charge on any atom is 0.262 e. The Morgan fingerprint density at radius 2 is 1.97 bits per heavy atom. The number of amides is 2. The van der Waals surface area contributed by atoms with E-state index in [0.717, 1.165) is 11.8 Å². The summed E-state index contributed by atoms with van der Waals surface area (Å²) in [7, 11) is 0. The molecular weight excluding hydrogens is 392 g/mol. The van der Waals surface area contributed by atoms with E-state index in [-0.39, 0.29) is 18.4 Å². The maximum absolute atomic E-state index is 13.1. The number of nitrogens with zero attached hydrogens (tertiary/aromatic N) is 3. The fourth-order valence-corrected chi connectivity index (χ4v) is 3.38. The molecule has 0 radical (unpaired) electrons. The number of hydrogen-bond donors (Lipinski definition) is 1. The summed E-state index contributed by atoms with van der Waals surface area (Å²) in [5, 5.41) is 3.89. The van der Waals surface area contributed by atoms with Crippen molar-refractivity contribution in [3.05, 3.63) is 64.8 Å². The summed E-state index contributed by atoms with van der Waals surface area (Å²) in [5.74, 6) is -0.0931. The van der Waals surface area contributed by atoms with Gasteiger partial charge in [-0.25, -0.2) is 9.97 Å². The van der Waals surface area contributed by atoms with Crippen LogP contribution in [0.2, 0.25) is 5.15 Å². The molecule has 1 aliphatic rings. The number of ether oxygens (including phenoxy) is 1. The Labute approximate surface area is 172 Å². The van der Waals surface area contributed by atoms with Crippen molar-refractivity contribution in [3.8, 4) is 0 Å². The van der Waals surface area contributed by atoms with E-state index in [1.807, 2.05) is 31.2 Å². The number of anilines is 1. The molecule has 0 fully saturated rings. The highest BCUT2D eigenvalue weighted by Crippen LogP contribution is 2.37. The molecule has 7 nitrogen and oxygen atoms in total. The lowest BCUT2D eigenvalue weighted by molar-refractivity contribution is -0.127. The maximum atomic E-state index is 13.1. The minimum absolute atomic E-state index is 0.166. The van der Waals surface area contributed by atoms with Gasteiger partial charge in [-0.15, -0.1) is 0 Å². The monoisotopic (exact) mass is 410 g/mol. The van der Waals surface area contributed by atoms with E-state index in [9.17, 15) is 9.59 Å². The van der Waals surface area contributed by atoms with Gasteiger partial charge in [0.1, 0.15) is 17.6 Å². The van der Waals surface area contributed by atoms with Crippen LogP contribution in [0.3, 0.4) is 0 Å². The molecule has 0 saturated heterocycles. The number of benzene rings is 1. The number of carbonyl (C=O) groups excluding carboxylic acids is 2. The largest absolute Gasteiger partial charge is 0.354 e. The average molecular weight is 411 g/mol. The standard InChI is InChI=1S/C21H19ClN4O3/c1-2-11-23-18(27)12-29-21-15-6-4-3-5-14(15)20(28)26(21)17-10-8-13-7-9-16(22)24-19(13)25-17/h3-10,21H,2,11-12H2,1H3,(H,23,27). The van der Waals surface area contributed by atoms with Crippen LogP contribution >= 0.6 is 11.6 Å². The first kappa shape index (κ1) is 19.3. The normalized spacial score (nSPS) is 15.6.